The molecule has 0 radical (unpaired) electrons. The van der Waals surface area contributed by atoms with Crippen molar-refractivity contribution >= 4 is 29.3 Å². The third-order valence-corrected chi connectivity index (χ3v) is 5.35. The quantitative estimate of drug-likeness (QED) is 0.644. The van der Waals surface area contributed by atoms with Gasteiger partial charge in [0.25, 0.3) is 11.8 Å². The van der Waals surface area contributed by atoms with Crippen molar-refractivity contribution in [2.24, 2.45) is 5.92 Å². The van der Waals surface area contributed by atoms with Crippen molar-refractivity contribution < 1.29 is 9.59 Å². The van der Waals surface area contributed by atoms with E-state index in [1.54, 1.807) is 0 Å². The van der Waals surface area contributed by atoms with E-state index in [-0.39, 0.29) is 17.7 Å². The van der Waals surface area contributed by atoms with Gasteiger partial charge < -0.3 is 0 Å². The highest BCUT2D eigenvalue weighted by atomic mass is 16.2. The molecule has 28 heavy (non-hydrogen) atoms. The van der Waals surface area contributed by atoms with Crippen LogP contribution in [0, 0.1) is 5.92 Å². The first kappa shape index (κ1) is 16.5. The zero-order chi connectivity index (χ0) is 19.1. The highest BCUT2D eigenvalue weighted by Gasteiger charge is 2.51. The molecule has 4 heteroatoms. The number of nitrogens with zero attached hydrogens (tertiary/aromatic N) is 2. The zero-order valence-electron chi connectivity index (χ0n) is 15.1. The number of benzene rings is 3. The third-order valence-electron chi connectivity index (χ3n) is 5.35. The SMILES string of the molecule is O=C1C(C2C=Cc3ccccc32)C(=O)N(c2ccccc2)N1c1ccccc1. The zero-order valence-corrected chi connectivity index (χ0v) is 15.1. The molecule has 0 spiro atoms. The first-order valence-electron chi connectivity index (χ1n) is 9.31. The van der Waals surface area contributed by atoms with E-state index >= 15 is 0 Å². The number of para-hydroxylation sites is 2. The van der Waals surface area contributed by atoms with Gasteiger partial charge in [-0.05, 0) is 35.4 Å². The number of hydrogen-bond donors (Lipinski definition) is 0. The number of carbonyl (C=O) groups is 2. The van der Waals surface area contributed by atoms with Crippen LogP contribution in [0.1, 0.15) is 17.0 Å². The number of fused-ring (bicyclic) bond motifs is 1. The summed E-state index contributed by atoms with van der Waals surface area (Å²) >= 11 is 0. The molecule has 1 atom stereocenters. The standard InChI is InChI=1S/C24H18N2O2/c27-23-22(21-16-15-17-9-7-8-14-20(17)21)24(28)26(19-12-5-2-6-13-19)25(23)18-10-3-1-4-11-18/h1-16,21-22H. The molecular weight excluding hydrogens is 348 g/mol. The fourth-order valence-corrected chi connectivity index (χ4v) is 4.07. The second-order valence-corrected chi connectivity index (χ2v) is 6.96. The summed E-state index contributed by atoms with van der Waals surface area (Å²) in [5.41, 5.74) is 3.46. The minimum absolute atomic E-state index is 0.202. The van der Waals surface area contributed by atoms with Crippen molar-refractivity contribution in [3.63, 3.8) is 0 Å². The molecule has 2 aliphatic rings. The molecule has 1 unspecified atom stereocenters. The molecule has 1 heterocycles. The van der Waals surface area contributed by atoms with E-state index in [9.17, 15) is 9.59 Å². The lowest BCUT2D eigenvalue weighted by Gasteiger charge is -2.27. The van der Waals surface area contributed by atoms with Crippen LogP contribution < -0.4 is 10.0 Å². The Labute approximate surface area is 163 Å². The molecule has 4 nitrogen and oxygen atoms in total. The van der Waals surface area contributed by atoms with Gasteiger partial charge in [0.15, 0.2) is 0 Å². The minimum Gasteiger partial charge on any atom is -0.272 e. The largest absolute Gasteiger partial charge is 0.272 e. The van der Waals surface area contributed by atoms with Crippen LogP contribution in [0.15, 0.2) is 91.0 Å². The predicted octanol–water partition coefficient (Wildman–Crippen LogP) is 4.41. The smallest absolute Gasteiger partial charge is 0.259 e. The molecule has 1 saturated heterocycles. The predicted molar refractivity (Wildman–Crippen MR) is 110 cm³/mol. The second kappa shape index (κ2) is 6.50. The van der Waals surface area contributed by atoms with Crippen LogP contribution in [0.25, 0.3) is 6.08 Å². The molecule has 2 amide bonds. The number of carbonyl (C=O) groups excluding carboxylic acids is 2. The lowest BCUT2D eigenvalue weighted by molar-refractivity contribution is -0.127. The van der Waals surface area contributed by atoms with Crippen LogP contribution in [0.5, 0.6) is 0 Å². The van der Waals surface area contributed by atoms with Crippen LogP contribution in [0.4, 0.5) is 11.4 Å². The summed E-state index contributed by atoms with van der Waals surface area (Å²) in [5, 5.41) is 3.02. The van der Waals surface area contributed by atoms with E-state index < -0.39 is 5.92 Å². The third kappa shape index (κ3) is 2.46. The van der Waals surface area contributed by atoms with Gasteiger partial charge in [-0.15, -0.1) is 0 Å². The molecule has 1 aliphatic carbocycles. The highest BCUT2D eigenvalue weighted by Crippen LogP contribution is 2.42. The van der Waals surface area contributed by atoms with Gasteiger partial charge in [0.05, 0.1) is 11.4 Å². The van der Waals surface area contributed by atoms with Gasteiger partial charge in [-0.3, -0.25) is 9.59 Å². The number of anilines is 2. The van der Waals surface area contributed by atoms with E-state index in [4.69, 9.17) is 0 Å². The molecule has 136 valence electrons. The van der Waals surface area contributed by atoms with Gasteiger partial charge >= 0.3 is 0 Å². The number of rotatable bonds is 3. The normalized spacial score (nSPS) is 18.8. The summed E-state index contributed by atoms with van der Waals surface area (Å²) in [6, 6.07) is 26.6. The number of amides is 2. The molecule has 0 bridgehead atoms. The highest BCUT2D eigenvalue weighted by molar-refractivity contribution is 6.23. The number of allylic oxidation sites excluding steroid dienone is 1. The van der Waals surface area contributed by atoms with Crippen LogP contribution in [-0.2, 0) is 9.59 Å². The Kier molecular flexibility index (Phi) is 3.83. The summed E-state index contributed by atoms with van der Waals surface area (Å²) in [4.78, 5) is 27.1. The number of hydrazine groups is 1. The first-order valence-corrected chi connectivity index (χ1v) is 9.31. The van der Waals surface area contributed by atoms with Crippen LogP contribution in [0.2, 0.25) is 0 Å². The summed E-state index contributed by atoms with van der Waals surface area (Å²) in [6.45, 7) is 0. The monoisotopic (exact) mass is 366 g/mol. The summed E-state index contributed by atoms with van der Waals surface area (Å²) in [5.74, 6) is -1.44. The summed E-state index contributed by atoms with van der Waals surface area (Å²) < 4.78 is 0. The van der Waals surface area contributed by atoms with Gasteiger partial charge in [0.2, 0.25) is 0 Å². The summed E-state index contributed by atoms with van der Waals surface area (Å²) in [6.07, 6.45) is 3.97. The molecule has 5 rings (SSSR count). The Hall–Kier alpha value is -3.66. The van der Waals surface area contributed by atoms with Gasteiger partial charge in [-0.25, -0.2) is 10.0 Å². The topological polar surface area (TPSA) is 40.6 Å². The van der Waals surface area contributed by atoms with E-state index in [0.29, 0.717) is 11.4 Å². The van der Waals surface area contributed by atoms with Crippen molar-refractivity contribution in [1.29, 1.82) is 0 Å². The van der Waals surface area contributed by atoms with Gasteiger partial charge in [-0.1, -0.05) is 72.8 Å². The maximum Gasteiger partial charge on any atom is 0.259 e. The molecule has 1 aliphatic heterocycles. The summed E-state index contributed by atoms with van der Waals surface area (Å²) in [7, 11) is 0. The van der Waals surface area contributed by atoms with Crippen molar-refractivity contribution in [2.75, 3.05) is 10.0 Å². The van der Waals surface area contributed by atoms with Crippen molar-refractivity contribution in [3.05, 3.63) is 102 Å². The molecular formula is C24H18N2O2. The van der Waals surface area contributed by atoms with E-state index in [0.717, 1.165) is 11.1 Å². The molecule has 0 aromatic heterocycles. The molecule has 0 saturated carbocycles. The molecule has 3 aromatic rings. The maximum absolute atomic E-state index is 13.5. The Bertz CT molecular complexity index is 1020. The van der Waals surface area contributed by atoms with E-state index in [1.807, 2.05) is 97.1 Å². The van der Waals surface area contributed by atoms with Crippen LogP contribution in [0.3, 0.4) is 0 Å². The van der Waals surface area contributed by atoms with E-state index in [1.165, 1.54) is 10.0 Å². The van der Waals surface area contributed by atoms with Crippen molar-refractivity contribution in [2.45, 2.75) is 5.92 Å². The fraction of sp³-hybridized carbons (Fsp3) is 0.0833. The Morgan fingerprint density at radius 3 is 1.68 bits per heavy atom. The average molecular weight is 366 g/mol. The Balaban J connectivity index is 1.62. The second-order valence-electron chi connectivity index (χ2n) is 6.96. The van der Waals surface area contributed by atoms with E-state index in [2.05, 4.69) is 0 Å². The average Bonchev–Trinajstić information content (AvgIpc) is 3.27. The van der Waals surface area contributed by atoms with Gasteiger partial charge in [0.1, 0.15) is 5.92 Å². The van der Waals surface area contributed by atoms with Crippen LogP contribution >= 0.6 is 0 Å². The Morgan fingerprint density at radius 1 is 0.607 bits per heavy atom. The fourth-order valence-electron chi connectivity index (χ4n) is 4.07. The number of hydrogen-bond acceptors (Lipinski definition) is 2. The Morgan fingerprint density at radius 2 is 1.11 bits per heavy atom. The lowest BCUT2D eigenvalue weighted by atomic mass is 9.87. The lowest BCUT2D eigenvalue weighted by Crippen LogP contribution is -2.41. The minimum atomic E-state index is -0.777. The maximum atomic E-state index is 13.5. The molecule has 1 fully saturated rings. The van der Waals surface area contributed by atoms with Crippen molar-refractivity contribution in [1.82, 2.24) is 0 Å². The molecule has 0 N–H and O–H groups in total. The first-order chi connectivity index (χ1) is 13.8. The van der Waals surface area contributed by atoms with Crippen molar-refractivity contribution in [3.8, 4) is 0 Å². The van der Waals surface area contributed by atoms with Gasteiger partial charge in [0, 0.05) is 5.92 Å². The van der Waals surface area contributed by atoms with Gasteiger partial charge in [-0.2, -0.15) is 0 Å². The van der Waals surface area contributed by atoms with Crippen LogP contribution in [-0.4, -0.2) is 11.8 Å². The molecule has 3 aromatic carbocycles.